The number of fused-ring (bicyclic) bond motifs is 1. The molecule has 1 saturated heterocycles. The van der Waals surface area contributed by atoms with Gasteiger partial charge in [0, 0.05) is 29.1 Å². The van der Waals surface area contributed by atoms with Crippen molar-refractivity contribution in [3.05, 3.63) is 22.9 Å². The third-order valence-electron chi connectivity index (χ3n) is 3.26. The Morgan fingerprint density at radius 1 is 1.38 bits per heavy atom. The van der Waals surface area contributed by atoms with Crippen molar-refractivity contribution in [2.24, 2.45) is 0 Å². The molecule has 21 heavy (non-hydrogen) atoms. The van der Waals surface area contributed by atoms with Crippen LogP contribution in [0.4, 0.5) is 4.79 Å². The van der Waals surface area contributed by atoms with Crippen LogP contribution < -0.4 is 0 Å². The number of aromatic nitrogens is 3. The first kappa shape index (κ1) is 14.3. The molecule has 1 amide bonds. The number of hydrogen-bond acceptors (Lipinski definition) is 4. The molecule has 2 aromatic heterocycles. The lowest BCUT2D eigenvalue weighted by Gasteiger charge is -2.39. The fraction of sp³-hybridized carbons (Fsp3) is 0.500. The van der Waals surface area contributed by atoms with Gasteiger partial charge in [-0.2, -0.15) is 5.10 Å². The van der Waals surface area contributed by atoms with Crippen molar-refractivity contribution in [3.8, 4) is 0 Å². The molecule has 0 spiro atoms. The summed E-state index contributed by atoms with van der Waals surface area (Å²) in [5.41, 5.74) is 0.376. The van der Waals surface area contributed by atoms with Crippen molar-refractivity contribution >= 4 is 33.1 Å². The minimum atomic E-state index is -0.464. The highest BCUT2D eigenvalue weighted by Gasteiger charge is 2.36. The number of ether oxygens (including phenoxy) is 1. The zero-order valence-electron chi connectivity index (χ0n) is 12.2. The van der Waals surface area contributed by atoms with Crippen molar-refractivity contribution in [2.45, 2.75) is 32.4 Å². The number of rotatable bonds is 1. The summed E-state index contributed by atoms with van der Waals surface area (Å²) in [5, 5.41) is 5.37. The Morgan fingerprint density at radius 3 is 2.76 bits per heavy atom. The van der Waals surface area contributed by atoms with Gasteiger partial charge in [-0.25, -0.2) is 14.5 Å². The van der Waals surface area contributed by atoms with Crippen LogP contribution in [0.1, 0.15) is 26.8 Å². The number of hydrogen-bond donors (Lipinski definition) is 0. The molecular formula is C14H17BrN4O2. The second-order valence-corrected chi connectivity index (χ2v) is 7.11. The third-order valence-corrected chi connectivity index (χ3v) is 3.69. The van der Waals surface area contributed by atoms with Crippen molar-refractivity contribution in [3.63, 3.8) is 0 Å². The van der Waals surface area contributed by atoms with Crippen LogP contribution >= 0.6 is 15.9 Å². The molecule has 0 atom stereocenters. The van der Waals surface area contributed by atoms with E-state index in [1.54, 1.807) is 17.3 Å². The number of likely N-dealkylation sites (tertiary alicyclic amines) is 1. The van der Waals surface area contributed by atoms with Crippen LogP contribution in [0.2, 0.25) is 0 Å². The van der Waals surface area contributed by atoms with Crippen LogP contribution in [0.15, 0.2) is 22.9 Å². The van der Waals surface area contributed by atoms with Gasteiger partial charge >= 0.3 is 6.09 Å². The zero-order chi connectivity index (χ0) is 15.2. The minimum Gasteiger partial charge on any atom is -0.444 e. The molecule has 0 aromatic carbocycles. The maximum Gasteiger partial charge on any atom is 0.410 e. The fourth-order valence-electron chi connectivity index (χ4n) is 2.27. The highest BCUT2D eigenvalue weighted by Crippen LogP contribution is 2.26. The Morgan fingerprint density at radius 2 is 2.10 bits per heavy atom. The Labute approximate surface area is 131 Å². The molecule has 7 heteroatoms. The molecule has 0 unspecified atom stereocenters. The minimum absolute atomic E-state index is 0.156. The Bertz CT molecular complexity index is 686. The van der Waals surface area contributed by atoms with E-state index in [0.717, 1.165) is 15.5 Å². The van der Waals surface area contributed by atoms with E-state index in [9.17, 15) is 4.79 Å². The second-order valence-electron chi connectivity index (χ2n) is 6.19. The topological polar surface area (TPSA) is 60.2 Å². The maximum absolute atomic E-state index is 11.9. The van der Waals surface area contributed by atoms with Crippen LogP contribution in [-0.2, 0) is 4.74 Å². The normalized spacial score (nSPS) is 16.1. The van der Waals surface area contributed by atoms with Crippen LogP contribution in [0.5, 0.6) is 0 Å². The molecule has 0 radical (unpaired) electrons. The molecule has 3 rings (SSSR count). The van der Waals surface area contributed by atoms with Gasteiger partial charge in [0.2, 0.25) is 0 Å². The number of halogens is 1. The SMILES string of the molecule is CC(C)(C)OC(=O)N1CC(n2ncc3cc(Br)cnc32)C1. The van der Waals surface area contributed by atoms with Gasteiger partial charge in [-0.1, -0.05) is 0 Å². The van der Waals surface area contributed by atoms with E-state index < -0.39 is 5.60 Å². The molecule has 112 valence electrons. The predicted molar refractivity (Wildman–Crippen MR) is 82.1 cm³/mol. The Kier molecular flexibility index (Phi) is 3.39. The smallest absolute Gasteiger partial charge is 0.410 e. The fourth-order valence-corrected chi connectivity index (χ4v) is 2.61. The lowest BCUT2D eigenvalue weighted by molar-refractivity contribution is 0.0000873. The number of pyridine rings is 1. The quantitative estimate of drug-likeness (QED) is 0.791. The third kappa shape index (κ3) is 2.88. The van der Waals surface area contributed by atoms with Crippen LogP contribution in [0.3, 0.4) is 0 Å². The second kappa shape index (κ2) is 4.98. The van der Waals surface area contributed by atoms with Gasteiger partial charge in [0.15, 0.2) is 5.65 Å². The first-order valence-electron chi connectivity index (χ1n) is 6.80. The van der Waals surface area contributed by atoms with Gasteiger partial charge in [-0.15, -0.1) is 0 Å². The summed E-state index contributed by atoms with van der Waals surface area (Å²) in [7, 11) is 0. The van der Waals surface area contributed by atoms with Crippen LogP contribution in [0, 0.1) is 0 Å². The van der Waals surface area contributed by atoms with E-state index in [1.165, 1.54) is 0 Å². The van der Waals surface area contributed by atoms with Gasteiger partial charge in [0.05, 0.1) is 12.2 Å². The van der Waals surface area contributed by atoms with E-state index in [0.29, 0.717) is 13.1 Å². The van der Waals surface area contributed by atoms with E-state index in [-0.39, 0.29) is 12.1 Å². The molecule has 2 aromatic rings. The lowest BCUT2D eigenvalue weighted by atomic mass is 10.1. The van der Waals surface area contributed by atoms with Crippen molar-refractivity contribution in [1.82, 2.24) is 19.7 Å². The highest BCUT2D eigenvalue weighted by molar-refractivity contribution is 9.10. The summed E-state index contributed by atoms with van der Waals surface area (Å²) in [4.78, 5) is 18.0. The largest absolute Gasteiger partial charge is 0.444 e. The monoisotopic (exact) mass is 352 g/mol. The first-order chi connectivity index (χ1) is 9.83. The summed E-state index contributed by atoms with van der Waals surface area (Å²) in [6.45, 7) is 6.80. The Balaban J connectivity index is 1.69. The molecule has 6 nitrogen and oxygen atoms in total. The predicted octanol–water partition coefficient (Wildman–Crippen LogP) is 2.99. The molecule has 1 aliphatic rings. The maximum atomic E-state index is 11.9. The molecule has 3 heterocycles. The molecule has 0 saturated carbocycles. The summed E-state index contributed by atoms with van der Waals surface area (Å²) in [5.74, 6) is 0. The molecule has 1 fully saturated rings. The number of amides is 1. The number of nitrogens with zero attached hydrogens (tertiary/aromatic N) is 4. The van der Waals surface area contributed by atoms with Crippen LogP contribution in [0.25, 0.3) is 11.0 Å². The van der Waals surface area contributed by atoms with Crippen molar-refractivity contribution in [1.29, 1.82) is 0 Å². The zero-order valence-corrected chi connectivity index (χ0v) is 13.8. The highest BCUT2D eigenvalue weighted by atomic mass is 79.9. The lowest BCUT2D eigenvalue weighted by Crippen LogP contribution is -2.52. The molecule has 0 bridgehead atoms. The summed E-state index contributed by atoms with van der Waals surface area (Å²) >= 11 is 3.40. The van der Waals surface area contributed by atoms with Gasteiger partial charge < -0.3 is 9.64 Å². The number of carbonyl (C=O) groups excluding carboxylic acids is 1. The van der Waals surface area contributed by atoms with E-state index in [2.05, 4.69) is 26.0 Å². The molecule has 0 N–H and O–H groups in total. The average molecular weight is 353 g/mol. The first-order valence-corrected chi connectivity index (χ1v) is 7.59. The summed E-state index contributed by atoms with van der Waals surface area (Å²) in [6.07, 6.45) is 3.28. The van der Waals surface area contributed by atoms with Gasteiger partial charge in [0.25, 0.3) is 0 Å². The molecule has 0 aliphatic carbocycles. The van der Waals surface area contributed by atoms with Crippen molar-refractivity contribution < 1.29 is 9.53 Å². The van der Waals surface area contributed by atoms with E-state index in [4.69, 9.17) is 4.74 Å². The average Bonchev–Trinajstić information content (AvgIpc) is 2.67. The molecule has 1 aliphatic heterocycles. The van der Waals surface area contributed by atoms with Crippen molar-refractivity contribution in [2.75, 3.05) is 13.1 Å². The summed E-state index contributed by atoms with van der Waals surface area (Å²) < 4.78 is 8.15. The van der Waals surface area contributed by atoms with Gasteiger partial charge in [0.1, 0.15) is 5.60 Å². The van der Waals surface area contributed by atoms with Gasteiger partial charge in [-0.05, 0) is 42.8 Å². The summed E-state index contributed by atoms with van der Waals surface area (Å²) in [6, 6.07) is 2.14. The van der Waals surface area contributed by atoms with E-state index >= 15 is 0 Å². The standard InChI is InChI=1S/C14H17BrN4O2/c1-14(2,3)21-13(20)18-7-11(8-18)19-12-9(5-17-19)4-10(15)6-16-12/h4-6,11H,7-8H2,1-3H3. The molecular weight excluding hydrogens is 336 g/mol. The van der Waals surface area contributed by atoms with Gasteiger partial charge in [-0.3, -0.25) is 0 Å². The number of carbonyl (C=O) groups is 1. The van der Waals surface area contributed by atoms with E-state index in [1.807, 2.05) is 31.5 Å². The Hall–Kier alpha value is -1.63. The van der Waals surface area contributed by atoms with Crippen LogP contribution in [-0.4, -0.2) is 44.4 Å².